The number of halogens is 2. The van der Waals surface area contributed by atoms with Crippen molar-refractivity contribution in [3.05, 3.63) is 35.4 Å². The van der Waals surface area contributed by atoms with Crippen molar-refractivity contribution in [3.63, 3.8) is 0 Å². The maximum Gasteiger partial charge on any atom is 0.129 e. The van der Waals surface area contributed by atoms with E-state index in [1.165, 1.54) is 31.4 Å². The molecule has 114 valence electrons. The smallest absolute Gasteiger partial charge is 0.129 e. The van der Waals surface area contributed by atoms with Gasteiger partial charge in [-0.1, -0.05) is 6.07 Å². The van der Waals surface area contributed by atoms with Crippen LogP contribution < -0.4 is 0 Å². The molecule has 4 aliphatic carbocycles. The largest absolute Gasteiger partial charge is 0.392 e. The summed E-state index contributed by atoms with van der Waals surface area (Å²) in [5, 5.41) is 10.8. The van der Waals surface area contributed by atoms with Gasteiger partial charge >= 0.3 is 0 Å². The van der Waals surface area contributed by atoms with E-state index in [1.807, 2.05) is 0 Å². The Bertz CT molecular complexity index is 519. The van der Waals surface area contributed by atoms with Crippen LogP contribution in [-0.2, 0) is 6.42 Å². The second-order valence-corrected chi connectivity index (χ2v) is 7.74. The molecule has 1 aromatic carbocycles. The lowest BCUT2D eigenvalue weighted by Gasteiger charge is -2.58. The van der Waals surface area contributed by atoms with E-state index in [0.717, 1.165) is 43.1 Å². The van der Waals surface area contributed by atoms with Crippen molar-refractivity contribution in [2.75, 3.05) is 0 Å². The minimum atomic E-state index is -0.555. The average Bonchev–Trinajstić information content (AvgIpc) is 2.40. The molecule has 4 saturated carbocycles. The van der Waals surface area contributed by atoms with Crippen LogP contribution in [0.2, 0.25) is 0 Å². The molecular weight excluding hydrogens is 270 g/mol. The van der Waals surface area contributed by atoms with Gasteiger partial charge in [0.05, 0.1) is 6.10 Å². The predicted molar refractivity (Wildman–Crippen MR) is 76.7 cm³/mol. The van der Waals surface area contributed by atoms with Crippen molar-refractivity contribution in [1.29, 1.82) is 0 Å². The van der Waals surface area contributed by atoms with Gasteiger partial charge in [-0.3, -0.25) is 0 Å². The topological polar surface area (TPSA) is 20.2 Å². The van der Waals surface area contributed by atoms with Crippen LogP contribution >= 0.6 is 0 Å². The Labute approximate surface area is 124 Å². The normalized spacial score (nSPS) is 38.7. The van der Waals surface area contributed by atoms with E-state index in [9.17, 15) is 13.9 Å². The molecule has 0 saturated heterocycles. The van der Waals surface area contributed by atoms with Crippen LogP contribution in [0.3, 0.4) is 0 Å². The molecule has 1 atom stereocenters. The standard InChI is InChI=1S/C18H22F2O/c19-15-2-1-14(16(20)7-15)6-17(21)18-8-11-3-12(9-18)5-13(4-11)10-18/h1-2,7,11-13,17,21H,3-6,8-10H2. The summed E-state index contributed by atoms with van der Waals surface area (Å²) in [5.74, 6) is 1.22. The zero-order valence-electron chi connectivity index (χ0n) is 12.2. The van der Waals surface area contributed by atoms with Gasteiger partial charge in [-0.15, -0.1) is 0 Å². The molecule has 0 radical (unpaired) electrons. The lowest BCUT2D eigenvalue weighted by Crippen LogP contribution is -2.52. The van der Waals surface area contributed by atoms with Crippen LogP contribution in [0.25, 0.3) is 0 Å². The van der Waals surface area contributed by atoms with Crippen LogP contribution in [0, 0.1) is 34.8 Å². The minimum absolute atomic E-state index is 0.00439. The monoisotopic (exact) mass is 292 g/mol. The highest BCUT2D eigenvalue weighted by Crippen LogP contribution is 2.61. The Morgan fingerprint density at radius 3 is 2.14 bits per heavy atom. The second kappa shape index (κ2) is 4.77. The van der Waals surface area contributed by atoms with E-state index in [4.69, 9.17) is 0 Å². The summed E-state index contributed by atoms with van der Waals surface area (Å²) in [6, 6.07) is 3.68. The fourth-order valence-corrected chi connectivity index (χ4v) is 5.70. The second-order valence-electron chi connectivity index (χ2n) is 7.74. The summed E-state index contributed by atoms with van der Waals surface area (Å²) in [6.45, 7) is 0. The molecule has 1 nitrogen and oxygen atoms in total. The zero-order chi connectivity index (χ0) is 14.6. The molecule has 0 spiro atoms. The molecule has 4 fully saturated rings. The maximum absolute atomic E-state index is 13.8. The van der Waals surface area contributed by atoms with Gasteiger partial charge in [0.25, 0.3) is 0 Å². The maximum atomic E-state index is 13.8. The molecule has 21 heavy (non-hydrogen) atoms. The third-order valence-electron chi connectivity index (χ3n) is 6.22. The van der Waals surface area contributed by atoms with Crippen molar-refractivity contribution in [1.82, 2.24) is 0 Å². The predicted octanol–water partition coefficient (Wildman–Crippen LogP) is 4.08. The van der Waals surface area contributed by atoms with Crippen molar-refractivity contribution in [2.24, 2.45) is 23.2 Å². The van der Waals surface area contributed by atoms with Gasteiger partial charge in [-0.05, 0) is 73.3 Å². The number of aliphatic hydroxyl groups is 1. The Morgan fingerprint density at radius 1 is 1.05 bits per heavy atom. The summed E-state index contributed by atoms with van der Waals surface area (Å²) in [7, 11) is 0. The molecule has 0 heterocycles. The van der Waals surface area contributed by atoms with E-state index in [-0.39, 0.29) is 5.41 Å². The van der Waals surface area contributed by atoms with Crippen molar-refractivity contribution < 1.29 is 13.9 Å². The summed E-state index contributed by atoms with van der Waals surface area (Å²) in [4.78, 5) is 0. The molecule has 4 aliphatic rings. The van der Waals surface area contributed by atoms with Gasteiger partial charge in [-0.25, -0.2) is 8.78 Å². The number of hydrogen-bond acceptors (Lipinski definition) is 1. The van der Waals surface area contributed by atoms with Gasteiger partial charge in [-0.2, -0.15) is 0 Å². The van der Waals surface area contributed by atoms with E-state index in [0.29, 0.717) is 12.0 Å². The number of aliphatic hydroxyl groups excluding tert-OH is 1. The number of hydrogen-bond donors (Lipinski definition) is 1. The van der Waals surface area contributed by atoms with Crippen LogP contribution in [0.4, 0.5) is 8.78 Å². The zero-order valence-corrected chi connectivity index (χ0v) is 12.2. The number of rotatable bonds is 3. The van der Waals surface area contributed by atoms with Crippen molar-refractivity contribution in [3.8, 4) is 0 Å². The fourth-order valence-electron chi connectivity index (χ4n) is 5.70. The fraction of sp³-hybridized carbons (Fsp3) is 0.667. The molecule has 4 bridgehead atoms. The molecule has 0 aromatic heterocycles. The highest BCUT2D eigenvalue weighted by Gasteiger charge is 2.53. The van der Waals surface area contributed by atoms with Gasteiger partial charge < -0.3 is 5.11 Å². The summed E-state index contributed by atoms with van der Waals surface area (Å²) in [6.07, 6.45) is 7.11. The van der Waals surface area contributed by atoms with Crippen LogP contribution in [-0.4, -0.2) is 11.2 Å². The summed E-state index contributed by atoms with van der Waals surface area (Å²) < 4.78 is 26.8. The van der Waals surface area contributed by atoms with E-state index in [1.54, 1.807) is 0 Å². The Morgan fingerprint density at radius 2 is 1.62 bits per heavy atom. The molecular formula is C18H22F2O. The first-order valence-electron chi connectivity index (χ1n) is 8.16. The van der Waals surface area contributed by atoms with Gasteiger partial charge in [0, 0.05) is 12.5 Å². The van der Waals surface area contributed by atoms with Crippen LogP contribution in [0.5, 0.6) is 0 Å². The van der Waals surface area contributed by atoms with E-state index in [2.05, 4.69) is 0 Å². The van der Waals surface area contributed by atoms with Gasteiger partial charge in [0.1, 0.15) is 11.6 Å². The molecule has 0 amide bonds. The minimum Gasteiger partial charge on any atom is -0.392 e. The quantitative estimate of drug-likeness (QED) is 0.890. The Hall–Kier alpha value is -0.960. The third-order valence-corrected chi connectivity index (χ3v) is 6.22. The van der Waals surface area contributed by atoms with E-state index < -0.39 is 17.7 Å². The number of benzene rings is 1. The highest BCUT2D eigenvalue weighted by molar-refractivity contribution is 5.20. The van der Waals surface area contributed by atoms with E-state index >= 15 is 0 Å². The summed E-state index contributed by atoms with van der Waals surface area (Å²) in [5.41, 5.74) is 0.440. The van der Waals surface area contributed by atoms with Gasteiger partial charge in [0.2, 0.25) is 0 Å². The first-order chi connectivity index (χ1) is 10.0. The molecule has 0 aliphatic heterocycles. The summed E-state index contributed by atoms with van der Waals surface area (Å²) >= 11 is 0. The SMILES string of the molecule is OC(Cc1ccc(F)cc1F)C12CC3CC(CC(C3)C1)C2. The van der Waals surface area contributed by atoms with Crippen LogP contribution in [0.1, 0.15) is 44.1 Å². The lowest BCUT2D eigenvalue weighted by molar-refractivity contribution is -0.119. The van der Waals surface area contributed by atoms with Crippen molar-refractivity contribution in [2.45, 2.75) is 51.0 Å². The Kier molecular flexibility index (Phi) is 3.11. The first-order valence-corrected chi connectivity index (χ1v) is 8.16. The van der Waals surface area contributed by atoms with Crippen molar-refractivity contribution >= 4 is 0 Å². The van der Waals surface area contributed by atoms with Gasteiger partial charge in [0.15, 0.2) is 0 Å². The molecule has 1 unspecified atom stereocenters. The molecule has 3 heteroatoms. The van der Waals surface area contributed by atoms with Crippen LogP contribution in [0.15, 0.2) is 18.2 Å². The first kappa shape index (κ1) is 13.7. The molecule has 1 N–H and O–H groups in total. The lowest BCUT2D eigenvalue weighted by atomic mass is 9.48. The average molecular weight is 292 g/mol. The Balaban J connectivity index is 1.56. The highest BCUT2D eigenvalue weighted by atomic mass is 19.1. The molecule has 5 rings (SSSR count). The molecule has 1 aromatic rings. The third kappa shape index (κ3) is 2.30.